The molecule has 0 saturated carbocycles. The maximum Gasteiger partial charge on any atom is 0.306 e. The number of hydrogen-bond acceptors (Lipinski definition) is 6. The summed E-state index contributed by atoms with van der Waals surface area (Å²) in [5.74, 6) is -0.909. The Balaban J connectivity index is 4.30. The first kappa shape index (κ1) is 74.1. The largest absolute Gasteiger partial charge is 0.462 e. The van der Waals surface area contributed by atoms with Crippen molar-refractivity contribution in [1.82, 2.24) is 0 Å². The second-order valence-corrected chi connectivity index (χ2v) is 21.6. The van der Waals surface area contributed by atoms with Crippen LogP contribution in [-0.4, -0.2) is 37.2 Å². The smallest absolute Gasteiger partial charge is 0.306 e. The van der Waals surface area contributed by atoms with E-state index in [-0.39, 0.29) is 31.1 Å². The lowest BCUT2D eigenvalue weighted by Gasteiger charge is -2.18. The number of ether oxygens (including phenoxy) is 3. The van der Waals surface area contributed by atoms with Crippen LogP contribution in [0.1, 0.15) is 310 Å². The standard InChI is InChI=1S/C72H122O6/c1-4-7-10-13-16-19-22-25-28-30-31-32-33-34-35-36-37-38-39-40-41-42-45-47-50-53-56-59-62-65-71(74)77-68-69(67-76-70(73)64-61-58-55-52-49-46-43-27-24-21-18-15-12-9-6-3)78-72(75)66-63-60-57-54-51-48-44-29-26-23-20-17-14-11-8-5-2/h7,10,16,18-21,23,25,27-29,31-32,34-35,43-44,69H,4-6,8-9,11-15,17,22,24,26,30,33,36-42,45-68H2,1-3H3/b10-7-,19-16-,21-18-,23-20-,28-25-,32-31-,35-34-,43-27-,44-29-. The van der Waals surface area contributed by atoms with Crippen molar-refractivity contribution in [1.29, 1.82) is 0 Å². The van der Waals surface area contributed by atoms with E-state index in [1.54, 1.807) is 0 Å². The summed E-state index contributed by atoms with van der Waals surface area (Å²) >= 11 is 0. The minimum Gasteiger partial charge on any atom is -0.462 e. The van der Waals surface area contributed by atoms with Gasteiger partial charge in [-0.3, -0.25) is 14.4 Å². The number of carbonyl (C=O) groups excluding carboxylic acids is 3. The summed E-state index contributed by atoms with van der Waals surface area (Å²) in [6.45, 7) is 6.48. The van der Waals surface area contributed by atoms with Gasteiger partial charge in [0.05, 0.1) is 0 Å². The Morgan fingerprint density at radius 1 is 0.269 bits per heavy atom. The molecule has 0 aliphatic carbocycles. The van der Waals surface area contributed by atoms with E-state index < -0.39 is 6.10 Å². The van der Waals surface area contributed by atoms with Crippen LogP contribution in [0.15, 0.2) is 109 Å². The van der Waals surface area contributed by atoms with E-state index in [9.17, 15) is 14.4 Å². The average Bonchev–Trinajstić information content (AvgIpc) is 3.44. The van der Waals surface area contributed by atoms with Crippen molar-refractivity contribution in [3.63, 3.8) is 0 Å². The summed E-state index contributed by atoms with van der Waals surface area (Å²) in [7, 11) is 0. The summed E-state index contributed by atoms with van der Waals surface area (Å²) in [4.78, 5) is 38.3. The first-order valence-electron chi connectivity index (χ1n) is 32.9. The third kappa shape index (κ3) is 62.9. The fraction of sp³-hybridized carbons (Fsp3) is 0.708. The summed E-state index contributed by atoms with van der Waals surface area (Å²) in [5.41, 5.74) is 0. The summed E-state index contributed by atoms with van der Waals surface area (Å²) in [5, 5.41) is 0. The van der Waals surface area contributed by atoms with Crippen molar-refractivity contribution in [3.05, 3.63) is 109 Å². The van der Waals surface area contributed by atoms with Gasteiger partial charge in [0.15, 0.2) is 6.10 Å². The molecule has 446 valence electrons. The van der Waals surface area contributed by atoms with Gasteiger partial charge in [0.25, 0.3) is 0 Å². The molecule has 0 amide bonds. The maximum absolute atomic E-state index is 12.9. The second-order valence-electron chi connectivity index (χ2n) is 21.6. The van der Waals surface area contributed by atoms with Crippen LogP contribution < -0.4 is 0 Å². The molecule has 0 spiro atoms. The lowest BCUT2D eigenvalue weighted by atomic mass is 10.0. The van der Waals surface area contributed by atoms with Crippen LogP contribution in [0.3, 0.4) is 0 Å². The SMILES string of the molecule is CC/C=C\C/C=C\C/C=C\C/C=C\C/C=C\CCCCCCCCCCCCCCCC(=O)OCC(COC(=O)CCCCCCC/C=C\C/C=C\CCCCC)OC(=O)CCCCCCC/C=C\C/C=C\CCCCCC. The monoisotopic (exact) mass is 1080 g/mol. The molecular formula is C72H122O6. The molecule has 6 nitrogen and oxygen atoms in total. The van der Waals surface area contributed by atoms with Crippen LogP contribution in [0.25, 0.3) is 0 Å². The van der Waals surface area contributed by atoms with Gasteiger partial charge in [0.2, 0.25) is 0 Å². The fourth-order valence-corrected chi connectivity index (χ4v) is 9.06. The Kier molecular flexibility index (Phi) is 62.3. The summed E-state index contributed by atoms with van der Waals surface area (Å²) < 4.78 is 16.9. The van der Waals surface area contributed by atoms with E-state index in [2.05, 4.69) is 130 Å². The van der Waals surface area contributed by atoms with Crippen LogP contribution in [-0.2, 0) is 28.6 Å². The third-order valence-corrected chi connectivity index (χ3v) is 14.0. The molecule has 0 rings (SSSR count). The van der Waals surface area contributed by atoms with E-state index in [0.717, 1.165) is 141 Å². The zero-order valence-corrected chi connectivity index (χ0v) is 51.2. The molecule has 0 aliphatic rings. The Morgan fingerprint density at radius 3 is 0.808 bits per heavy atom. The zero-order chi connectivity index (χ0) is 56.4. The summed E-state index contributed by atoms with van der Waals surface area (Å²) in [6.07, 6.45) is 89.5. The van der Waals surface area contributed by atoms with Crippen molar-refractivity contribution < 1.29 is 28.6 Å². The lowest BCUT2D eigenvalue weighted by Crippen LogP contribution is -2.30. The molecular weight excluding hydrogens is 961 g/mol. The topological polar surface area (TPSA) is 78.9 Å². The Morgan fingerprint density at radius 2 is 0.500 bits per heavy atom. The minimum absolute atomic E-state index is 0.0884. The Labute approximate surface area is 482 Å². The van der Waals surface area contributed by atoms with E-state index in [4.69, 9.17) is 14.2 Å². The first-order chi connectivity index (χ1) is 38.5. The molecule has 0 saturated heterocycles. The van der Waals surface area contributed by atoms with Crippen LogP contribution in [0.5, 0.6) is 0 Å². The van der Waals surface area contributed by atoms with Crippen LogP contribution >= 0.6 is 0 Å². The molecule has 0 aromatic carbocycles. The molecule has 0 aliphatic heterocycles. The highest BCUT2D eigenvalue weighted by atomic mass is 16.6. The van der Waals surface area contributed by atoms with Gasteiger partial charge in [-0.15, -0.1) is 0 Å². The van der Waals surface area contributed by atoms with Crippen LogP contribution in [0, 0.1) is 0 Å². The van der Waals surface area contributed by atoms with Crippen LogP contribution in [0.2, 0.25) is 0 Å². The van der Waals surface area contributed by atoms with Crippen molar-refractivity contribution in [2.24, 2.45) is 0 Å². The van der Waals surface area contributed by atoms with Gasteiger partial charge < -0.3 is 14.2 Å². The Bertz CT molecular complexity index is 1570. The van der Waals surface area contributed by atoms with Gasteiger partial charge in [-0.25, -0.2) is 0 Å². The molecule has 6 heteroatoms. The normalized spacial score (nSPS) is 12.8. The first-order valence-corrected chi connectivity index (χ1v) is 32.9. The molecule has 0 aromatic heterocycles. The molecule has 1 unspecified atom stereocenters. The molecule has 0 fully saturated rings. The number of allylic oxidation sites excluding steroid dienone is 18. The quantitative estimate of drug-likeness (QED) is 0.0261. The van der Waals surface area contributed by atoms with Crippen LogP contribution in [0.4, 0.5) is 0 Å². The highest BCUT2D eigenvalue weighted by Crippen LogP contribution is 2.16. The van der Waals surface area contributed by atoms with Crippen molar-refractivity contribution in [2.45, 2.75) is 316 Å². The van der Waals surface area contributed by atoms with Gasteiger partial charge in [-0.05, 0) is 128 Å². The van der Waals surface area contributed by atoms with E-state index >= 15 is 0 Å². The second kappa shape index (κ2) is 65.6. The molecule has 0 heterocycles. The van der Waals surface area contributed by atoms with E-state index in [0.29, 0.717) is 19.3 Å². The molecule has 1 atom stereocenters. The number of carbonyl (C=O) groups is 3. The maximum atomic E-state index is 12.9. The predicted octanol–water partition coefficient (Wildman–Crippen LogP) is 22.6. The molecule has 78 heavy (non-hydrogen) atoms. The van der Waals surface area contributed by atoms with Crippen molar-refractivity contribution in [3.8, 4) is 0 Å². The highest BCUT2D eigenvalue weighted by Gasteiger charge is 2.19. The zero-order valence-electron chi connectivity index (χ0n) is 51.2. The molecule has 0 N–H and O–H groups in total. The summed E-state index contributed by atoms with van der Waals surface area (Å²) in [6, 6.07) is 0. The molecule has 0 bridgehead atoms. The predicted molar refractivity (Wildman–Crippen MR) is 339 cm³/mol. The van der Waals surface area contributed by atoms with Crippen molar-refractivity contribution >= 4 is 17.9 Å². The minimum atomic E-state index is -0.794. The number of esters is 3. The molecule has 0 radical (unpaired) electrons. The number of rotatable bonds is 59. The molecule has 0 aromatic rings. The fourth-order valence-electron chi connectivity index (χ4n) is 9.06. The lowest BCUT2D eigenvalue weighted by molar-refractivity contribution is -0.167. The van der Waals surface area contributed by atoms with Gasteiger partial charge in [-0.2, -0.15) is 0 Å². The van der Waals surface area contributed by atoms with Gasteiger partial charge in [0, 0.05) is 19.3 Å². The van der Waals surface area contributed by atoms with Gasteiger partial charge in [0.1, 0.15) is 13.2 Å². The number of unbranched alkanes of at least 4 members (excludes halogenated alkanes) is 30. The van der Waals surface area contributed by atoms with Gasteiger partial charge >= 0.3 is 17.9 Å². The third-order valence-electron chi connectivity index (χ3n) is 14.0. The number of hydrogen-bond donors (Lipinski definition) is 0. The van der Waals surface area contributed by atoms with Gasteiger partial charge in [-0.1, -0.05) is 271 Å². The Hall–Kier alpha value is -3.93. The highest BCUT2D eigenvalue weighted by molar-refractivity contribution is 5.71. The van der Waals surface area contributed by atoms with E-state index in [1.807, 2.05) is 0 Å². The van der Waals surface area contributed by atoms with E-state index in [1.165, 1.54) is 128 Å². The van der Waals surface area contributed by atoms with Crippen molar-refractivity contribution in [2.75, 3.05) is 13.2 Å². The average molecular weight is 1080 g/mol.